The molecule has 2 aromatic rings. The summed E-state index contributed by atoms with van der Waals surface area (Å²) in [5, 5.41) is 12.2. The van der Waals surface area contributed by atoms with Gasteiger partial charge >= 0.3 is 4.87 Å². The van der Waals surface area contributed by atoms with Gasteiger partial charge in [0.2, 0.25) is 0 Å². The molecule has 0 aliphatic rings. The summed E-state index contributed by atoms with van der Waals surface area (Å²) in [7, 11) is 0. The normalized spacial score (nSPS) is 10.3. The van der Waals surface area contributed by atoms with Crippen LogP contribution in [0.1, 0.15) is 5.69 Å². The first-order valence-corrected chi connectivity index (χ1v) is 5.39. The lowest BCUT2D eigenvalue weighted by Crippen LogP contribution is -2.11. The van der Waals surface area contributed by atoms with Crippen LogP contribution in [-0.4, -0.2) is 9.49 Å². The smallest absolute Gasteiger partial charge is 0.272 e. The molecule has 6 heteroatoms. The van der Waals surface area contributed by atoms with Crippen molar-refractivity contribution in [3.8, 4) is 5.69 Å². The number of non-ortho nitro benzene ring substituents is 1. The molecule has 82 valence electrons. The molecule has 0 bridgehead atoms. The molecular weight excluding hydrogens is 228 g/mol. The lowest BCUT2D eigenvalue weighted by Gasteiger charge is -2.03. The fraction of sp³-hybridized carbons (Fsp3) is 0.100. The highest BCUT2D eigenvalue weighted by Gasteiger charge is 2.08. The van der Waals surface area contributed by atoms with Gasteiger partial charge in [0.25, 0.3) is 5.69 Å². The summed E-state index contributed by atoms with van der Waals surface area (Å²) >= 11 is 1.11. The SMILES string of the molecule is Cc1csc(=O)n1-c1ccc([N+](=O)[O-])cc1. The van der Waals surface area contributed by atoms with Crippen LogP contribution in [0.15, 0.2) is 34.4 Å². The van der Waals surface area contributed by atoms with Gasteiger partial charge in [0.15, 0.2) is 0 Å². The van der Waals surface area contributed by atoms with Crippen LogP contribution in [0.25, 0.3) is 5.69 Å². The second-order valence-corrected chi connectivity index (χ2v) is 4.07. The van der Waals surface area contributed by atoms with Crippen molar-refractivity contribution in [3.05, 3.63) is 55.1 Å². The van der Waals surface area contributed by atoms with Gasteiger partial charge in [0, 0.05) is 23.2 Å². The van der Waals surface area contributed by atoms with E-state index in [1.165, 1.54) is 16.7 Å². The second kappa shape index (κ2) is 3.90. The van der Waals surface area contributed by atoms with E-state index in [1.807, 2.05) is 6.92 Å². The number of thiazole rings is 1. The van der Waals surface area contributed by atoms with Crippen LogP contribution in [-0.2, 0) is 0 Å². The topological polar surface area (TPSA) is 65.1 Å². The van der Waals surface area contributed by atoms with Crippen molar-refractivity contribution < 1.29 is 4.92 Å². The number of nitrogens with zero attached hydrogens (tertiary/aromatic N) is 2. The van der Waals surface area contributed by atoms with Crippen molar-refractivity contribution in [1.82, 2.24) is 4.57 Å². The van der Waals surface area contributed by atoms with Gasteiger partial charge in [-0.3, -0.25) is 19.5 Å². The van der Waals surface area contributed by atoms with Gasteiger partial charge in [-0.15, -0.1) is 0 Å². The minimum absolute atomic E-state index is 0.0182. The molecule has 0 N–H and O–H groups in total. The van der Waals surface area contributed by atoms with E-state index < -0.39 is 4.92 Å². The molecule has 2 rings (SSSR count). The van der Waals surface area contributed by atoms with Crippen LogP contribution in [0, 0.1) is 17.0 Å². The standard InChI is InChI=1S/C10H8N2O3S/c1-7-6-16-10(13)11(7)8-2-4-9(5-3-8)12(14)15/h2-6H,1H3. The lowest BCUT2D eigenvalue weighted by molar-refractivity contribution is -0.384. The predicted molar refractivity (Wildman–Crippen MR) is 61.3 cm³/mol. The molecule has 0 unspecified atom stereocenters. The first-order chi connectivity index (χ1) is 7.59. The van der Waals surface area contributed by atoms with Gasteiger partial charge in [-0.05, 0) is 19.1 Å². The Morgan fingerprint density at radius 2 is 1.94 bits per heavy atom. The molecule has 5 nitrogen and oxygen atoms in total. The molecule has 0 aliphatic carbocycles. The maximum atomic E-state index is 11.5. The molecule has 0 aliphatic heterocycles. The second-order valence-electron chi connectivity index (χ2n) is 3.25. The van der Waals surface area contributed by atoms with Crippen molar-refractivity contribution in [1.29, 1.82) is 0 Å². The van der Waals surface area contributed by atoms with E-state index in [1.54, 1.807) is 17.5 Å². The average Bonchev–Trinajstić information content (AvgIpc) is 2.59. The number of benzene rings is 1. The summed E-state index contributed by atoms with van der Waals surface area (Å²) in [5.41, 5.74) is 1.49. The summed E-state index contributed by atoms with van der Waals surface area (Å²) in [6.45, 7) is 1.82. The molecule has 0 radical (unpaired) electrons. The van der Waals surface area contributed by atoms with Gasteiger partial charge in [0.1, 0.15) is 0 Å². The van der Waals surface area contributed by atoms with E-state index in [4.69, 9.17) is 0 Å². The maximum absolute atomic E-state index is 11.5. The van der Waals surface area contributed by atoms with E-state index in [-0.39, 0.29) is 10.6 Å². The Balaban J connectivity index is 2.50. The molecule has 0 saturated heterocycles. The van der Waals surface area contributed by atoms with Gasteiger partial charge in [-0.2, -0.15) is 0 Å². The Labute approximate surface area is 94.7 Å². The monoisotopic (exact) mass is 236 g/mol. The molecule has 16 heavy (non-hydrogen) atoms. The highest BCUT2D eigenvalue weighted by molar-refractivity contribution is 7.07. The van der Waals surface area contributed by atoms with Crippen LogP contribution < -0.4 is 4.87 Å². The van der Waals surface area contributed by atoms with Crippen LogP contribution in [0.3, 0.4) is 0 Å². The van der Waals surface area contributed by atoms with Crippen molar-refractivity contribution in [2.75, 3.05) is 0 Å². The Morgan fingerprint density at radius 3 is 2.38 bits per heavy atom. The fourth-order valence-electron chi connectivity index (χ4n) is 1.42. The number of hydrogen-bond donors (Lipinski definition) is 0. The molecule has 0 spiro atoms. The molecule has 1 heterocycles. The average molecular weight is 236 g/mol. The zero-order chi connectivity index (χ0) is 11.7. The molecular formula is C10H8N2O3S. The van der Waals surface area contributed by atoms with E-state index in [9.17, 15) is 14.9 Å². The van der Waals surface area contributed by atoms with Crippen molar-refractivity contribution >= 4 is 17.0 Å². The highest BCUT2D eigenvalue weighted by Crippen LogP contribution is 2.16. The summed E-state index contributed by atoms with van der Waals surface area (Å²) in [6.07, 6.45) is 0. The predicted octanol–water partition coefficient (Wildman–Crippen LogP) is 2.12. The van der Waals surface area contributed by atoms with Gasteiger partial charge in [0.05, 0.1) is 10.6 Å². The van der Waals surface area contributed by atoms with E-state index in [0.29, 0.717) is 5.69 Å². The third-order valence-corrected chi connectivity index (χ3v) is 3.03. The Kier molecular flexibility index (Phi) is 2.57. The minimum Gasteiger partial charge on any atom is -0.272 e. The largest absolute Gasteiger partial charge is 0.311 e. The zero-order valence-corrected chi connectivity index (χ0v) is 9.23. The number of aromatic nitrogens is 1. The van der Waals surface area contributed by atoms with Crippen LogP contribution >= 0.6 is 11.3 Å². The van der Waals surface area contributed by atoms with Crippen molar-refractivity contribution in [2.45, 2.75) is 6.92 Å². The Bertz CT molecular complexity index is 583. The molecule has 0 saturated carbocycles. The molecule has 1 aromatic carbocycles. The minimum atomic E-state index is -0.465. The van der Waals surface area contributed by atoms with E-state index in [0.717, 1.165) is 17.0 Å². The lowest BCUT2D eigenvalue weighted by atomic mass is 10.3. The van der Waals surface area contributed by atoms with E-state index in [2.05, 4.69) is 0 Å². The Morgan fingerprint density at radius 1 is 1.31 bits per heavy atom. The molecule has 0 fully saturated rings. The number of hydrogen-bond acceptors (Lipinski definition) is 4. The van der Waals surface area contributed by atoms with Gasteiger partial charge in [-0.1, -0.05) is 11.3 Å². The third kappa shape index (κ3) is 1.74. The number of nitro groups is 1. The van der Waals surface area contributed by atoms with Crippen LogP contribution in [0.4, 0.5) is 5.69 Å². The van der Waals surface area contributed by atoms with E-state index >= 15 is 0 Å². The maximum Gasteiger partial charge on any atom is 0.311 e. The first-order valence-electron chi connectivity index (χ1n) is 4.51. The van der Waals surface area contributed by atoms with Crippen LogP contribution in [0.5, 0.6) is 0 Å². The van der Waals surface area contributed by atoms with Crippen molar-refractivity contribution in [2.24, 2.45) is 0 Å². The third-order valence-electron chi connectivity index (χ3n) is 2.18. The number of rotatable bonds is 2. The summed E-state index contributed by atoms with van der Waals surface area (Å²) < 4.78 is 1.52. The molecule has 0 atom stereocenters. The fourth-order valence-corrected chi connectivity index (χ4v) is 2.15. The number of nitro benzene ring substituents is 1. The van der Waals surface area contributed by atoms with Crippen molar-refractivity contribution in [3.63, 3.8) is 0 Å². The zero-order valence-electron chi connectivity index (χ0n) is 8.41. The van der Waals surface area contributed by atoms with Crippen LogP contribution in [0.2, 0.25) is 0 Å². The van der Waals surface area contributed by atoms with Gasteiger partial charge in [-0.25, -0.2) is 0 Å². The molecule has 1 aromatic heterocycles. The molecule has 0 amide bonds. The Hall–Kier alpha value is -1.95. The van der Waals surface area contributed by atoms with Gasteiger partial charge < -0.3 is 0 Å². The first kappa shape index (κ1) is 10.6. The number of aryl methyl sites for hydroxylation is 1. The highest BCUT2D eigenvalue weighted by atomic mass is 32.1. The summed E-state index contributed by atoms with van der Waals surface area (Å²) in [6, 6.07) is 5.91. The quantitative estimate of drug-likeness (QED) is 0.592. The summed E-state index contributed by atoms with van der Waals surface area (Å²) in [4.78, 5) is 21.4. The summed E-state index contributed by atoms with van der Waals surface area (Å²) in [5.74, 6) is 0.